The molecule has 2 aromatic carbocycles. The van der Waals surface area contributed by atoms with Gasteiger partial charge in [0.05, 0.1) is 11.0 Å². The topological polar surface area (TPSA) is 77.8 Å². The van der Waals surface area contributed by atoms with Crippen molar-refractivity contribution in [3.05, 3.63) is 69.9 Å². The Bertz CT molecular complexity index is 882. The summed E-state index contributed by atoms with van der Waals surface area (Å²) in [5.41, 5.74) is 1.91. The van der Waals surface area contributed by atoms with Crippen LogP contribution in [-0.4, -0.2) is 22.4 Å². The molecule has 0 saturated heterocycles. The normalized spacial score (nSPS) is 10.8. The highest BCUT2D eigenvalue weighted by molar-refractivity contribution is 5.97. The van der Waals surface area contributed by atoms with Crippen LogP contribution in [0, 0.1) is 5.82 Å². The molecule has 3 aromatic rings. The van der Waals surface area contributed by atoms with Crippen molar-refractivity contribution in [2.45, 2.75) is 6.42 Å². The van der Waals surface area contributed by atoms with Crippen molar-refractivity contribution in [1.82, 2.24) is 15.3 Å². The van der Waals surface area contributed by atoms with Gasteiger partial charge in [-0.3, -0.25) is 4.79 Å². The monoisotopic (exact) mass is 299 g/mol. The Labute approximate surface area is 125 Å². The summed E-state index contributed by atoms with van der Waals surface area (Å²) in [5.74, 6) is -0.539. The Balaban J connectivity index is 1.66. The number of H-pyrrole nitrogens is 2. The van der Waals surface area contributed by atoms with E-state index in [-0.39, 0.29) is 17.4 Å². The number of rotatable bonds is 4. The van der Waals surface area contributed by atoms with E-state index in [1.165, 1.54) is 6.07 Å². The smallest absolute Gasteiger partial charge is 0.323 e. The first kappa shape index (κ1) is 14.1. The van der Waals surface area contributed by atoms with Crippen LogP contribution in [0.25, 0.3) is 11.0 Å². The molecule has 3 rings (SSSR count). The van der Waals surface area contributed by atoms with Crippen molar-refractivity contribution in [3.63, 3.8) is 0 Å². The summed E-state index contributed by atoms with van der Waals surface area (Å²) in [7, 11) is 0. The van der Waals surface area contributed by atoms with Crippen molar-refractivity contribution >= 4 is 16.9 Å². The number of aromatic amines is 2. The molecule has 1 aromatic heterocycles. The molecule has 0 radical (unpaired) electrons. The number of aromatic nitrogens is 2. The van der Waals surface area contributed by atoms with Gasteiger partial charge in [-0.2, -0.15) is 0 Å². The summed E-state index contributed by atoms with van der Waals surface area (Å²) < 4.78 is 13.5. The van der Waals surface area contributed by atoms with Crippen LogP contribution in [0.1, 0.15) is 15.9 Å². The van der Waals surface area contributed by atoms with E-state index in [4.69, 9.17) is 0 Å². The minimum atomic E-state index is -0.313. The third kappa shape index (κ3) is 2.90. The first-order valence-corrected chi connectivity index (χ1v) is 6.87. The zero-order chi connectivity index (χ0) is 15.5. The highest BCUT2D eigenvalue weighted by atomic mass is 19.1. The summed E-state index contributed by atoms with van der Waals surface area (Å²) in [6.07, 6.45) is 0.418. The molecule has 112 valence electrons. The molecule has 0 spiro atoms. The zero-order valence-electron chi connectivity index (χ0n) is 11.7. The van der Waals surface area contributed by atoms with Gasteiger partial charge in [0.25, 0.3) is 5.91 Å². The molecule has 5 nitrogen and oxygen atoms in total. The maximum absolute atomic E-state index is 13.5. The first-order valence-electron chi connectivity index (χ1n) is 6.87. The molecule has 1 heterocycles. The van der Waals surface area contributed by atoms with Crippen molar-refractivity contribution in [1.29, 1.82) is 0 Å². The number of fused-ring (bicyclic) bond motifs is 1. The average Bonchev–Trinajstić information content (AvgIpc) is 2.88. The van der Waals surface area contributed by atoms with Gasteiger partial charge in [-0.15, -0.1) is 0 Å². The fraction of sp³-hybridized carbons (Fsp3) is 0.125. The lowest BCUT2D eigenvalue weighted by Gasteiger charge is -2.06. The van der Waals surface area contributed by atoms with Crippen LogP contribution in [0.4, 0.5) is 4.39 Å². The minimum absolute atomic E-state index is 0.264. The lowest BCUT2D eigenvalue weighted by atomic mass is 10.1. The average molecular weight is 299 g/mol. The summed E-state index contributed by atoms with van der Waals surface area (Å²) >= 11 is 0. The van der Waals surface area contributed by atoms with Crippen molar-refractivity contribution < 1.29 is 9.18 Å². The second kappa shape index (κ2) is 5.85. The van der Waals surface area contributed by atoms with Crippen molar-refractivity contribution in [2.75, 3.05) is 6.54 Å². The third-order valence-corrected chi connectivity index (χ3v) is 3.42. The Kier molecular flexibility index (Phi) is 3.74. The molecule has 22 heavy (non-hydrogen) atoms. The van der Waals surface area contributed by atoms with Gasteiger partial charge in [0.2, 0.25) is 0 Å². The maximum atomic E-state index is 13.5. The number of amides is 1. The molecule has 6 heteroatoms. The van der Waals surface area contributed by atoms with Gasteiger partial charge in [0.1, 0.15) is 5.82 Å². The highest BCUT2D eigenvalue weighted by Gasteiger charge is 2.08. The standard InChI is InChI=1S/C16H14FN3O2/c17-12-4-2-1-3-10(12)7-8-18-15(21)11-5-6-13-14(9-11)20-16(22)19-13/h1-6,9H,7-8H2,(H,18,21)(H2,19,20,22). The van der Waals surface area contributed by atoms with Gasteiger partial charge in [0, 0.05) is 12.1 Å². The fourth-order valence-electron chi connectivity index (χ4n) is 2.29. The number of imidazole rings is 1. The molecule has 0 fully saturated rings. The largest absolute Gasteiger partial charge is 0.352 e. The lowest BCUT2D eigenvalue weighted by molar-refractivity contribution is 0.0954. The number of carbonyl (C=O) groups excluding carboxylic acids is 1. The maximum Gasteiger partial charge on any atom is 0.323 e. The molecule has 0 bridgehead atoms. The van der Waals surface area contributed by atoms with Crippen LogP contribution >= 0.6 is 0 Å². The van der Waals surface area contributed by atoms with E-state index in [9.17, 15) is 14.0 Å². The molecular weight excluding hydrogens is 285 g/mol. The van der Waals surface area contributed by atoms with E-state index in [0.29, 0.717) is 35.1 Å². The fourth-order valence-corrected chi connectivity index (χ4v) is 2.29. The van der Waals surface area contributed by atoms with Gasteiger partial charge < -0.3 is 15.3 Å². The predicted octanol–water partition coefficient (Wildman–Crippen LogP) is 1.97. The van der Waals surface area contributed by atoms with Crippen LogP contribution in [0.15, 0.2) is 47.3 Å². The molecule has 0 unspecified atom stereocenters. The Hall–Kier alpha value is -2.89. The van der Waals surface area contributed by atoms with Crippen LogP contribution in [0.3, 0.4) is 0 Å². The van der Waals surface area contributed by atoms with E-state index in [2.05, 4.69) is 15.3 Å². The molecular formula is C16H14FN3O2. The Morgan fingerprint density at radius 1 is 1.09 bits per heavy atom. The Morgan fingerprint density at radius 3 is 2.68 bits per heavy atom. The van der Waals surface area contributed by atoms with E-state index in [0.717, 1.165) is 0 Å². The van der Waals surface area contributed by atoms with E-state index in [1.807, 2.05) is 0 Å². The van der Waals surface area contributed by atoms with Crippen molar-refractivity contribution in [2.24, 2.45) is 0 Å². The van der Waals surface area contributed by atoms with Gasteiger partial charge in [0.15, 0.2) is 0 Å². The zero-order valence-corrected chi connectivity index (χ0v) is 11.7. The quantitative estimate of drug-likeness (QED) is 0.688. The van der Waals surface area contributed by atoms with E-state index < -0.39 is 0 Å². The van der Waals surface area contributed by atoms with Crippen LogP contribution in [0.5, 0.6) is 0 Å². The lowest BCUT2D eigenvalue weighted by Crippen LogP contribution is -2.25. The molecule has 0 saturated carbocycles. The second-order valence-corrected chi connectivity index (χ2v) is 4.94. The van der Waals surface area contributed by atoms with Gasteiger partial charge in [-0.1, -0.05) is 18.2 Å². The van der Waals surface area contributed by atoms with Gasteiger partial charge in [-0.05, 0) is 36.2 Å². The Morgan fingerprint density at radius 2 is 1.86 bits per heavy atom. The van der Waals surface area contributed by atoms with Crippen LogP contribution in [-0.2, 0) is 6.42 Å². The van der Waals surface area contributed by atoms with Gasteiger partial charge >= 0.3 is 5.69 Å². The molecule has 1 amide bonds. The third-order valence-electron chi connectivity index (χ3n) is 3.42. The summed E-state index contributed by atoms with van der Waals surface area (Å²) in [5, 5.41) is 2.74. The van der Waals surface area contributed by atoms with Crippen LogP contribution < -0.4 is 11.0 Å². The SMILES string of the molecule is O=C(NCCc1ccccc1F)c1ccc2[nH]c(=O)[nH]c2c1. The predicted molar refractivity (Wildman–Crippen MR) is 81.4 cm³/mol. The van der Waals surface area contributed by atoms with Crippen molar-refractivity contribution in [3.8, 4) is 0 Å². The number of hydrogen-bond acceptors (Lipinski definition) is 2. The number of hydrogen-bond donors (Lipinski definition) is 3. The minimum Gasteiger partial charge on any atom is -0.352 e. The van der Waals surface area contributed by atoms with Gasteiger partial charge in [-0.25, -0.2) is 9.18 Å². The number of nitrogens with one attached hydrogen (secondary N) is 3. The van der Waals surface area contributed by atoms with Crippen LogP contribution in [0.2, 0.25) is 0 Å². The summed E-state index contributed by atoms with van der Waals surface area (Å²) in [6.45, 7) is 0.335. The van der Waals surface area contributed by atoms with E-state index in [1.54, 1.807) is 36.4 Å². The first-order chi connectivity index (χ1) is 10.6. The molecule has 0 aliphatic heterocycles. The number of benzene rings is 2. The molecule has 0 aliphatic carbocycles. The number of carbonyl (C=O) groups is 1. The summed E-state index contributed by atoms with van der Waals surface area (Å²) in [4.78, 5) is 28.5. The molecule has 0 atom stereocenters. The molecule has 0 aliphatic rings. The second-order valence-electron chi connectivity index (χ2n) is 4.94. The molecule has 3 N–H and O–H groups in total. The summed E-state index contributed by atoms with van der Waals surface area (Å²) in [6, 6.07) is 11.4. The number of halogens is 1. The highest BCUT2D eigenvalue weighted by Crippen LogP contribution is 2.10. The van der Waals surface area contributed by atoms with E-state index >= 15 is 0 Å².